The Balaban J connectivity index is 2.74. The van der Waals surface area contributed by atoms with E-state index in [-0.39, 0.29) is 0 Å². The summed E-state index contributed by atoms with van der Waals surface area (Å²) in [6.45, 7) is 4.24. The van der Waals surface area contributed by atoms with Gasteiger partial charge < -0.3 is 4.74 Å². The van der Waals surface area contributed by atoms with Gasteiger partial charge in [0.05, 0.1) is 7.11 Å². The molecule has 0 fully saturated rings. The number of hydrogen-bond acceptors (Lipinski definition) is 2. The Morgan fingerprint density at radius 1 is 1.31 bits per heavy atom. The van der Waals surface area contributed by atoms with Crippen molar-refractivity contribution >= 4 is 22.4 Å². The number of rotatable bonds is 2. The van der Waals surface area contributed by atoms with Crippen molar-refractivity contribution in [1.29, 1.82) is 0 Å². The largest absolute Gasteiger partial charge is 0.497 e. The third-order valence-electron chi connectivity index (χ3n) is 2.67. The molecule has 0 radical (unpaired) electrons. The molecule has 1 heterocycles. The summed E-state index contributed by atoms with van der Waals surface area (Å²) in [5.41, 5.74) is 1.10. The van der Waals surface area contributed by atoms with Crippen molar-refractivity contribution in [3.05, 3.63) is 35.1 Å². The summed E-state index contributed by atoms with van der Waals surface area (Å²) in [5, 5.41) is 2.80. The standard InChI is InChI=1S/C13H14ClNO/c1-8(2)12-11-5-4-10(16-3)6-9(11)7-15-13(12)14/h4-8H,1-3H3. The fourth-order valence-corrected chi connectivity index (χ4v) is 2.24. The zero-order valence-electron chi connectivity index (χ0n) is 9.62. The van der Waals surface area contributed by atoms with E-state index < -0.39 is 0 Å². The van der Waals surface area contributed by atoms with Crippen LogP contribution in [0.15, 0.2) is 24.4 Å². The zero-order chi connectivity index (χ0) is 11.7. The van der Waals surface area contributed by atoms with E-state index in [0.29, 0.717) is 11.1 Å². The van der Waals surface area contributed by atoms with Gasteiger partial charge in [-0.1, -0.05) is 31.5 Å². The Morgan fingerprint density at radius 2 is 2.06 bits per heavy atom. The van der Waals surface area contributed by atoms with Crippen LogP contribution in [0.2, 0.25) is 5.15 Å². The Kier molecular flexibility index (Phi) is 3.01. The molecule has 3 heteroatoms. The van der Waals surface area contributed by atoms with E-state index in [0.717, 1.165) is 22.1 Å². The predicted molar refractivity (Wildman–Crippen MR) is 67.4 cm³/mol. The number of pyridine rings is 1. The normalized spacial score (nSPS) is 11.1. The molecule has 84 valence electrons. The Morgan fingerprint density at radius 3 is 2.69 bits per heavy atom. The van der Waals surface area contributed by atoms with E-state index in [1.807, 2.05) is 18.2 Å². The first-order valence-electron chi connectivity index (χ1n) is 5.25. The molecule has 0 amide bonds. The molecule has 2 rings (SSSR count). The van der Waals surface area contributed by atoms with E-state index in [1.54, 1.807) is 13.3 Å². The van der Waals surface area contributed by atoms with Gasteiger partial charge in [-0.15, -0.1) is 0 Å². The van der Waals surface area contributed by atoms with Crippen LogP contribution < -0.4 is 4.74 Å². The maximum Gasteiger partial charge on any atom is 0.133 e. The molecule has 0 bridgehead atoms. The number of nitrogens with zero attached hydrogens (tertiary/aromatic N) is 1. The van der Waals surface area contributed by atoms with Crippen molar-refractivity contribution in [1.82, 2.24) is 4.98 Å². The van der Waals surface area contributed by atoms with Crippen LogP contribution in [0, 0.1) is 0 Å². The predicted octanol–water partition coefficient (Wildman–Crippen LogP) is 4.02. The van der Waals surface area contributed by atoms with Crippen molar-refractivity contribution in [2.75, 3.05) is 7.11 Å². The molecule has 0 unspecified atom stereocenters. The van der Waals surface area contributed by atoms with Gasteiger partial charge in [-0.2, -0.15) is 0 Å². The zero-order valence-corrected chi connectivity index (χ0v) is 10.4. The van der Waals surface area contributed by atoms with E-state index in [1.165, 1.54) is 0 Å². The average Bonchev–Trinajstić information content (AvgIpc) is 2.27. The second-order valence-corrected chi connectivity index (χ2v) is 4.43. The van der Waals surface area contributed by atoms with Gasteiger partial charge in [-0.25, -0.2) is 4.98 Å². The van der Waals surface area contributed by atoms with Gasteiger partial charge in [0.25, 0.3) is 0 Å². The SMILES string of the molecule is COc1ccc2c(C(C)C)c(Cl)ncc2c1. The maximum absolute atomic E-state index is 6.13. The maximum atomic E-state index is 6.13. The Labute approximate surface area is 100 Å². The highest BCUT2D eigenvalue weighted by atomic mass is 35.5. The molecule has 1 aromatic heterocycles. The van der Waals surface area contributed by atoms with Gasteiger partial charge in [0.1, 0.15) is 10.9 Å². The number of halogens is 1. The monoisotopic (exact) mass is 235 g/mol. The minimum Gasteiger partial charge on any atom is -0.497 e. The molecule has 0 saturated heterocycles. The number of benzene rings is 1. The summed E-state index contributed by atoms with van der Waals surface area (Å²) in [6, 6.07) is 5.96. The quantitative estimate of drug-likeness (QED) is 0.734. The molecule has 2 nitrogen and oxygen atoms in total. The highest BCUT2D eigenvalue weighted by molar-refractivity contribution is 6.31. The second kappa shape index (κ2) is 4.30. The van der Waals surface area contributed by atoms with Gasteiger partial charge in [-0.05, 0) is 29.0 Å². The van der Waals surface area contributed by atoms with Gasteiger partial charge in [0.2, 0.25) is 0 Å². The highest BCUT2D eigenvalue weighted by Crippen LogP contribution is 2.31. The van der Waals surface area contributed by atoms with E-state index in [9.17, 15) is 0 Å². The van der Waals surface area contributed by atoms with Crippen molar-refractivity contribution in [3.63, 3.8) is 0 Å². The number of aromatic nitrogens is 1. The molecule has 2 aromatic rings. The molecular weight excluding hydrogens is 222 g/mol. The van der Waals surface area contributed by atoms with Crippen LogP contribution >= 0.6 is 11.6 Å². The number of hydrogen-bond donors (Lipinski definition) is 0. The van der Waals surface area contributed by atoms with Crippen LogP contribution in [-0.2, 0) is 0 Å². The van der Waals surface area contributed by atoms with E-state index in [2.05, 4.69) is 18.8 Å². The number of ether oxygens (including phenoxy) is 1. The van der Waals surface area contributed by atoms with Crippen molar-refractivity contribution < 1.29 is 4.74 Å². The summed E-state index contributed by atoms with van der Waals surface area (Å²) < 4.78 is 5.19. The van der Waals surface area contributed by atoms with Crippen molar-refractivity contribution in [3.8, 4) is 5.75 Å². The smallest absolute Gasteiger partial charge is 0.133 e. The molecule has 0 aliphatic heterocycles. The van der Waals surface area contributed by atoms with E-state index in [4.69, 9.17) is 16.3 Å². The van der Waals surface area contributed by atoms with Gasteiger partial charge in [0.15, 0.2) is 0 Å². The second-order valence-electron chi connectivity index (χ2n) is 4.07. The average molecular weight is 236 g/mol. The van der Waals surface area contributed by atoms with Crippen LogP contribution in [0.5, 0.6) is 5.75 Å². The van der Waals surface area contributed by atoms with Crippen LogP contribution in [0.25, 0.3) is 10.8 Å². The van der Waals surface area contributed by atoms with Gasteiger partial charge in [-0.3, -0.25) is 0 Å². The molecular formula is C13H14ClNO. The topological polar surface area (TPSA) is 22.1 Å². The molecule has 16 heavy (non-hydrogen) atoms. The van der Waals surface area contributed by atoms with Crippen molar-refractivity contribution in [2.24, 2.45) is 0 Å². The third kappa shape index (κ3) is 1.85. The van der Waals surface area contributed by atoms with Crippen LogP contribution in [0.3, 0.4) is 0 Å². The van der Waals surface area contributed by atoms with Crippen LogP contribution in [0.1, 0.15) is 25.3 Å². The summed E-state index contributed by atoms with van der Waals surface area (Å²) in [4.78, 5) is 4.21. The lowest BCUT2D eigenvalue weighted by atomic mass is 9.99. The first-order chi connectivity index (χ1) is 7.63. The molecule has 0 aliphatic carbocycles. The van der Waals surface area contributed by atoms with Crippen LogP contribution in [-0.4, -0.2) is 12.1 Å². The summed E-state index contributed by atoms with van der Waals surface area (Å²) in [6.07, 6.45) is 1.78. The lowest BCUT2D eigenvalue weighted by Gasteiger charge is -2.12. The Hall–Kier alpha value is -1.28. The minimum absolute atomic E-state index is 0.358. The fourth-order valence-electron chi connectivity index (χ4n) is 1.88. The molecule has 0 atom stereocenters. The summed E-state index contributed by atoms with van der Waals surface area (Å²) >= 11 is 6.13. The fraction of sp³-hybridized carbons (Fsp3) is 0.308. The molecule has 0 spiro atoms. The number of fused-ring (bicyclic) bond motifs is 1. The first-order valence-corrected chi connectivity index (χ1v) is 5.63. The van der Waals surface area contributed by atoms with Crippen molar-refractivity contribution in [2.45, 2.75) is 19.8 Å². The van der Waals surface area contributed by atoms with Crippen LogP contribution in [0.4, 0.5) is 0 Å². The summed E-state index contributed by atoms with van der Waals surface area (Å²) in [7, 11) is 1.66. The Bertz CT molecular complexity index is 523. The molecule has 0 N–H and O–H groups in total. The third-order valence-corrected chi connectivity index (χ3v) is 2.97. The van der Waals surface area contributed by atoms with Gasteiger partial charge in [0, 0.05) is 11.6 Å². The summed E-state index contributed by atoms with van der Waals surface area (Å²) in [5.74, 6) is 1.20. The molecule has 1 aromatic carbocycles. The highest BCUT2D eigenvalue weighted by Gasteiger charge is 2.11. The molecule has 0 aliphatic rings. The molecule has 0 saturated carbocycles. The van der Waals surface area contributed by atoms with Gasteiger partial charge >= 0.3 is 0 Å². The minimum atomic E-state index is 0.358. The van der Waals surface area contributed by atoms with E-state index >= 15 is 0 Å². The lowest BCUT2D eigenvalue weighted by Crippen LogP contribution is -1.94. The lowest BCUT2D eigenvalue weighted by molar-refractivity contribution is 0.415. The first kappa shape index (κ1) is 11.2. The number of methoxy groups -OCH3 is 1.